The number of aliphatic hydroxyl groups excluding tert-OH is 3. The summed E-state index contributed by atoms with van der Waals surface area (Å²) < 4.78 is 62.4. The zero-order chi connectivity index (χ0) is 54.8. The molecule has 3 fully saturated rings. The van der Waals surface area contributed by atoms with Crippen LogP contribution in [0.15, 0.2) is 63.9 Å². The van der Waals surface area contributed by atoms with E-state index in [1.807, 2.05) is 85.8 Å². The predicted molar refractivity (Wildman–Crippen MR) is 274 cm³/mol. The maximum atomic E-state index is 12.7. The maximum absolute atomic E-state index is 12.7. The fourth-order valence-electron chi connectivity index (χ4n) is 10.0. The molecule has 412 valence electrons. The van der Waals surface area contributed by atoms with Gasteiger partial charge < -0.3 is 68.2 Å². The van der Waals surface area contributed by atoms with Crippen LogP contribution in [0.2, 0.25) is 0 Å². The van der Waals surface area contributed by atoms with Gasteiger partial charge >= 0.3 is 7.82 Å². The molecule has 0 saturated carbocycles. The van der Waals surface area contributed by atoms with Gasteiger partial charge in [-0.05, 0) is 78.8 Å². The van der Waals surface area contributed by atoms with E-state index in [1.54, 1.807) is 38.9 Å². The summed E-state index contributed by atoms with van der Waals surface area (Å²) in [7, 11) is 1.31. The number of allylic oxidation sites excluding steroid dienone is 7. The summed E-state index contributed by atoms with van der Waals surface area (Å²) >= 11 is 0. The molecule has 3 aliphatic rings. The number of phosphoric ester groups is 1. The number of phosphoric acid groups is 1. The summed E-state index contributed by atoms with van der Waals surface area (Å²) in [5.74, 6) is -3.65. The Hall–Kier alpha value is -3.42. The number of aromatic nitrogens is 1. The quantitative estimate of drug-likeness (QED) is 0.0367. The number of methoxy groups -OCH3 is 2. The summed E-state index contributed by atoms with van der Waals surface area (Å²) in [5.41, 5.74) is 2.26. The lowest BCUT2D eigenvalue weighted by molar-refractivity contribution is -0.340. The molecule has 6 N–H and O–H groups in total. The van der Waals surface area contributed by atoms with Crippen molar-refractivity contribution in [1.29, 1.82) is 5.26 Å². The van der Waals surface area contributed by atoms with Crippen molar-refractivity contribution < 1.29 is 71.8 Å². The number of rotatable bonds is 24. The molecule has 1 amide bonds. The second kappa shape index (κ2) is 26.6. The normalized spacial score (nSPS) is 30.7. The van der Waals surface area contributed by atoms with E-state index < -0.39 is 85.6 Å². The third-order valence-electron chi connectivity index (χ3n) is 14.8. The molecular formula is C53H85N4O15P. The number of nitrogens with zero attached hydrogens (tertiary/aromatic N) is 3. The van der Waals surface area contributed by atoms with Gasteiger partial charge in [-0.2, -0.15) is 5.26 Å². The van der Waals surface area contributed by atoms with Gasteiger partial charge in [0.2, 0.25) is 0 Å². The minimum Gasteiger partial charge on any atom is -0.448 e. The van der Waals surface area contributed by atoms with Crippen LogP contribution in [0, 0.1) is 34.5 Å². The monoisotopic (exact) mass is 1050 g/mol. The topological polar surface area (TPSA) is 265 Å². The number of oxazole rings is 1. The zero-order valence-corrected chi connectivity index (χ0v) is 46.4. The minimum absolute atomic E-state index is 0.00735. The van der Waals surface area contributed by atoms with Crippen molar-refractivity contribution in [2.45, 2.75) is 180 Å². The first-order valence-corrected chi connectivity index (χ1v) is 26.7. The Bertz CT molecular complexity index is 2210. The number of ether oxygens (including phenoxy) is 6. The van der Waals surface area contributed by atoms with E-state index in [4.69, 9.17) is 42.6 Å². The highest BCUT2D eigenvalue weighted by Crippen LogP contribution is 2.59. The van der Waals surface area contributed by atoms with Crippen LogP contribution in [-0.2, 0) is 42.3 Å². The smallest absolute Gasteiger partial charge is 0.448 e. The van der Waals surface area contributed by atoms with E-state index >= 15 is 0 Å². The summed E-state index contributed by atoms with van der Waals surface area (Å²) in [4.78, 5) is 39.6. The van der Waals surface area contributed by atoms with Gasteiger partial charge in [-0.25, -0.2) is 9.55 Å². The van der Waals surface area contributed by atoms with E-state index in [2.05, 4.69) is 23.3 Å². The molecule has 1 spiro atoms. The van der Waals surface area contributed by atoms with Gasteiger partial charge in [0.05, 0.1) is 49.2 Å². The second-order valence-electron chi connectivity index (χ2n) is 21.5. The predicted octanol–water partition coefficient (Wildman–Crippen LogP) is 6.49. The molecule has 20 heteroatoms. The Kier molecular flexibility index (Phi) is 22.6. The van der Waals surface area contributed by atoms with Crippen LogP contribution in [0.3, 0.4) is 0 Å². The van der Waals surface area contributed by atoms with Crippen molar-refractivity contribution >= 4 is 19.8 Å². The van der Waals surface area contributed by atoms with Gasteiger partial charge in [0.25, 0.3) is 5.91 Å². The first-order valence-electron chi connectivity index (χ1n) is 25.2. The lowest BCUT2D eigenvalue weighted by Gasteiger charge is -2.50. The number of nitriles is 1. The number of hydrogen-bond donors (Lipinski definition) is 6. The Morgan fingerprint density at radius 3 is 2.33 bits per heavy atom. The van der Waals surface area contributed by atoms with Crippen LogP contribution in [-0.4, -0.2) is 155 Å². The molecule has 0 aliphatic carbocycles. The van der Waals surface area contributed by atoms with E-state index in [1.165, 1.54) is 26.6 Å². The van der Waals surface area contributed by atoms with E-state index in [-0.39, 0.29) is 55.8 Å². The van der Waals surface area contributed by atoms with Crippen LogP contribution < -0.4 is 5.32 Å². The van der Waals surface area contributed by atoms with Crippen molar-refractivity contribution in [3.63, 3.8) is 0 Å². The molecule has 0 bridgehead atoms. The van der Waals surface area contributed by atoms with Gasteiger partial charge in [0, 0.05) is 68.8 Å². The lowest BCUT2D eigenvalue weighted by atomic mass is 9.72. The van der Waals surface area contributed by atoms with Gasteiger partial charge in [-0.3, -0.25) is 9.32 Å². The van der Waals surface area contributed by atoms with Gasteiger partial charge in [-0.1, -0.05) is 77.5 Å². The highest BCUT2D eigenvalue weighted by atomic mass is 31.2. The first kappa shape index (κ1) is 62.1. The van der Waals surface area contributed by atoms with Crippen molar-refractivity contribution in [3.8, 4) is 6.07 Å². The number of aliphatic hydroxyl groups is 3. The molecule has 4 heterocycles. The standard InChI is InChI=1S/C53H85N4O15P/c1-31(22-24-54)18-16-19-32(2)34(4)26-35(5)46-37(7)42(68-52(10,11)70-46)27-43(66-15)47-48(72-73(62,63)64)51(8,9)53(71-47)28-40(58)36(6)41(69-53)21-17-20-38-29-67-50(56-38)33(3)23-25-55-49(61)45(60)44(59)39(30-65-14)57(12)13/h16-20,22,26,29,33,35-37,39-48,58-60H,21,23,25,27-28,30H2,1-15H3,(H,55,61)(H2,62,63,64). The molecule has 3 aliphatic heterocycles. The molecule has 15 unspecified atom stereocenters. The van der Waals surface area contributed by atoms with Crippen molar-refractivity contribution in [2.24, 2.45) is 23.2 Å². The number of carbonyl (C=O) groups is 1. The molecule has 0 radical (unpaired) electrons. The lowest BCUT2D eigenvalue weighted by Crippen LogP contribution is -2.58. The summed E-state index contributed by atoms with van der Waals surface area (Å²) in [6.45, 7) is 21.4. The summed E-state index contributed by atoms with van der Waals surface area (Å²) in [5, 5.41) is 44.4. The van der Waals surface area contributed by atoms with Crippen LogP contribution in [0.25, 0.3) is 6.08 Å². The minimum atomic E-state index is -5.12. The highest BCUT2D eigenvalue weighted by molar-refractivity contribution is 7.46. The molecule has 1 aromatic heterocycles. The van der Waals surface area contributed by atoms with Crippen LogP contribution in [0.4, 0.5) is 0 Å². The largest absolute Gasteiger partial charge is 0.469 e. The van der Waals surface area contributed by atoms with E-state index in [0.29, 0.717) is 24.4 Å². The Morgan fingerprint density at radius 1 is 1.03 bits per heavy atom. The maximum Gasteiger partial charge on any atom is 0.469 e. The zero-order valence-electron chi connectivity index (χ0n) is 45.6. The Balaban J connectivity index is 1.49. The van der Waals surface area contributed by atoms with Gasteiger partial charge in [-0.15, -0.1) is 0 Å². The molecular weight excluding hydrogens is 964 g/mol. The summed E-state index contributed by atoms with van der Waals surface area (Å²) in [6.07, 6.45) is 7.11. The molecule has 0 aromatic carbocycles. The Labute approximate surface area is 432 Å². The average Bonchev–Trinajstić information content (AvgIpc) is 3.85. The van der Waals surface area contributed by atoms with Gasteiger partial charge in [0.1, 0.15) is 30.3 Å². The number of amides is 1. The van der Waals surface area contributed by atoms with Crippen LogP contribution >= 0.6 is 7.82 Å². The third-order valence-corrected chi connectivity index (χ3v) is 15.3. The fraction of sp³-hybridized carbons (Fsp3) is 0.717. The average molecular weight is 1050 g/mol. The van der Waals surface area contributed by atoms with Crippen LogP contribution in [0.1, 0.15) is 119 Å². The molecule has 19 nitrogen and oxygen atoms in total. The van der Waals surface area contributed by atoms with E-state index in [0.717, 1.165) is 16.7 Å². The Morgan fingerprint density at radius 2 is 1.71 bits per heavy atom. The molecule has 4 rings (SSSR count). The molecule has 73 heavy (non-hydrogen) atoms. The van der Waals surface area contributed by atoms with E-state index in [9.17, 15) is 34.5 Å². The second-order valence-corrected chi connectivity index (χ2v) is 22.6. The number of likely N-dealkylation sites (N-methyl/N-ethyl adjacent to an activating group) is 1. The summed E-state index contributed by atoms with van der Waals surface area (Å²) in [6, 6.07) is 1.45. The fourth-order valence-corrected chi connectivity index (χ4v) is 10.7. The first-order chi connectivity index (χ1) is 34.0. The molecule has 1 aromatic rings. The molecule has 15 atom stereocenters. The number of nitrogens with one attached hydrogen (secondary N) is 1. The molecule has 3 saturated heterocycles. The van der Waals surface area contributed by atoms with Crippen LogP contribution in [0.5, 0.6) is 0 Å². The highest BCUT2D eigenvalue weighted by Gasteiger charge is 2.68. The number of hydrogen-bond acceptors (Lipinski definition) is 16. The van der Waals surface area contributed by atoms with Crippen molar-refractivity contribution in [3.05, 3.63) is 71.0 Å². The third kappa shape index (κ3) is 16.3. The van der Waals surface area contributed by atoms with Crippen molar-refractivity contribution in [2.75, 3.05) is 41.5 Å². The van der Waals surface area contributed by atoms with Crippen molar-refractivity contribution in [1.82, 2.24) is 15.2 Å². The SMILES string of the molecule is COCC(C(O)C(O)C(=O)NCCC(C)c1nc(C=CCC2OC3(CC(O)C2C)OC(C(CC2OC(C)(C)OC(C(C)C=C(C)C(C)=CC=CC(C)=CC#N)C2C)OC)C(OP(=O)(O)O)C3(C)C)co1)N(C)C. The van der Waals surface area contributed by atoms with Gasteiger partial charge in [0.15, 0.2) is 23.6 Å². The number of carbonyl (C=O) groups excluding carboxylic acids is 1.